The fraction of sp³-hybridized carbons (Fsp3) is 0.667. The van der Waals surface area contributed by atoms with Crippen LogP contribution in [0.25, 0.3) is 0 Å². The molecule has 1 aliphatic heterocycles. The van der Waals surface area contributed by atoms with Crippen LogP contribution >= 0.6 is 0 Å². The molecule has 0 unspecified atom stereocenters. The van der Waals surface area contributed by atoms with Gasteiger partial charge in [-0.3, -0.25) is 9.69 Å². The number of halogens is 3. The van der Waals surface area contributed by atoms with Crippen LogP contribution in [0.2, 0.25) is 0 Å². The van der Waals surface area contributed by atoms with Crippen molar-refractivity contribution in [2.75, 3.05) is 56.2 Å². The van der Waals surface area contributed by atoms with Gasteiger partial charge >= 0.3 is 6.18 Å². The van der Waals surface area contributed by atoms with Gasteiger partial charge in [0.25, 0.3) is 0 Å². The number of carbonyl (C=O) groups excluding carboxylic acids is 1. The van der Waals surface area contributed by atoms with Crippen molar-refractivity contribution in [1.82, 2.24) is 4.90 Å². The van der Waals surface area contributed by atoms with E-state index >= 15 is 0 Å². The van der Waals surface area contributed by atoms with Gasteiger partial charge in [0.15, 0.2) is 0 Å². The lowest BCUT2D eigenvalue weighted by atomic mass is 9.94. The van der Waals surface area contributed by atoms with E-state index in [4.69, 9.17) is 4.74 Å². The van der Waals surface area contributed by atoms with Gasteiger partial charge in [0.1, 0.15) is 0 Å². The topological polar surface area (TPSA) is 65.0 Å². The van der Waals surface area contributed by atoms with Crippen molar-refractivity contribution in [3.8, 4) is 0 Å². The van der Waals surface area contributed by atoms with Crippen LogP contribution in [0.1, 0.15) is 37.7 Å². The van der Waals surface area contributed by atoms with Crippen LogP contribution in [-0.2, 0) is 15.7 Å². The lowest BCUT2D eigenvalue weighted by Gasteiger charge is -2.34. The first kappa shape index (κ1) is 22.8. The van der Waals surface area contributed by atoms with E-state index in [0.29, 0.717) is 38.5 Å². The van der Waals surface area contributed by atoms with Crippen LogP contribution in [0.15, 0.2) is 18.2 Å². The summed E-state index contributed by atoms with van der Waals surface area (Å²) in [5.41, 5.74) is -0.0790. The quantitative estimate of drug-likeness (QED) is 0.697. The van der Waals surface area contributed by atoms with Crippen LogP contribution in [0, 0.1) is 0 Å². The number of nitrogens with zero attached hydrogens (tertiary/aromatic N) is 2. The third-order valence-corrected chi connectivity index (χ3v) is 5.77. The molecule has 1 saturated heterocycles. The van der Waals surface area contributed by atoms with Crippen LogP contribution < -0.4 is 10.2 Å². The van der Waals surface area contributed by atoms with Crippen molar-refractivity contribution >= 4 is 17.3 Å². The first-order chi connectivity index (χ1) is 14.4. The molecule has 2 aliphatic rings. The van der Waals surface area contributed by atoms with Crippen molar-refractivity contribution in [3.05, 3.63) is 23.8 Å². The van der Waals surface area contributed by atoms with Crippen molar-refractivity contribution in [2.45, 2.75) is 44.3 Å². The Labute approximate surface area is 175 Å². The highest BCUT2D eigenvalue weighted by molar-refractivity contribution is 5.96. The number of hydrogen-bond acceptors (Lipinski definition) is 5. The fourth-order valence-corrected chi connectivity index (χ4v) is 4.23. The molecule has 1 aliphatic carbocycles. The highest BCUT2D eigenvalue weighted by Gasteiger charge is 2.32. The molecule has 0 atom stereocenters. The minimum Gasteiger partial charge on any atom is -0.395 e. The first-order valence-corrected chi connectivity index (χ1v) is 10.6. The Morgan fingerprint density at radius 2 is 1.90 bits per heavy atom. The van der Waals surface area contributed by atoms with Gasteiger partial charge in [0, 0.05) is 25.7 Å². The number of carbonyl (C=O) groups is 1. The van der Waals surface area contributed by atoms with E-state index in [2.05, 4.69) is 5.32 Å². The summed E-state index contributed by atoms with van der Waals surface area (Å²) in [6.45, 7) is 2.42. The van der Waals surface area contributed by atoms with Crippen molar-refractivity contribution in [3.63, 3.8) is 0 Å². The van der Waals surface area contributed by atoms with Crippen LogP contribution in [0.3, 0.4) is 0 Å². The molecular weight excluding hydrogens is 399 g/mol. The molecule has 0 aromatic heterocycles. The van der Waals surface area contributed by atoms with Gasteiger partial charge in [-0.15, -0.1) is 0 Å². The highest BCUT2D eigenvalue weighted by Crippen LogP contribution is 2.36. The fourth-order valence-electron chi connectivity index (χ4n) is 4.23. The van der Waals surface area contributed by atoms with Crippen molar-refractivity contribution in [2.24, 2.45) is 0 Å². The maximum Gasteiger partial charge on any atom is 0.416 e. The predicted molar refractivity (Wildman–Crippen MR) is 109 cm³/mol. The number of aliphatic hydroxyl groups excluding tert-OH is 1. The Kier molecular flexibility index (Phi) is 7.96. The summed E-state index contributed by atoms with van der Waals surface area (Å²) >= 11 is 0. The molecule has 2 N–H and O–H groups in total. The lowest BCUT2D eigenvalue weighted by Crippen LogP contribution is -2.43. The lowest BCUT2D eigenvalue weighted by molar-refractivity contribution is -0.137. The number of morpholine rings is 1. The van der Waals surface area contributed by atoms with Gasteiger partial charge in [0.2, 0.25) is 5.91 Å². The normalized spacial score (nSPS) is 18.6. The zero-order valence-corrected chi connectivity index (χ0v) is 17.1. The average molecular weight is 429 g/mol. The largest absolute Gasteiger partial charge is 0.416 e. The van der Waals surface area contributed by atoms with Crippen LogP contribution in [0.5, 0.6) is 0 Å². The van der Waals surface area contributed by atoms with E-state index in [1.54, 1.807) is 0 Å². The molecular formula is C21H30F3N3O3. The Bertz CT molecular complexity index is 702. The summed E-state index contributed by atoms with van der Waals surface area (Å²) in [5, 5.41) is 12.1. The molecule has 1 heterocycles. The number of benzene rings is 1. The van der Waals surface area contributed by atoms with Gasteiger partial charge in [-0.2, -0.15) is 13.2 Å². The maximum atomic E-state index is 13.3. The molecule has 3 rings (SSSR count). The monoisotopic (exact) mass is 429 g/mol. The molecule has 1 aromatic carbocycles. The minimum absolute atomic E-state index is 0.0457. The molecule has 1 aromatic rings. The molecule has 0 spiro atoms. The van der Waals surface area contributed by atoms with E-state index in [9.17, 15) is 23.1 Å². The Morgan fingerprint density at radius 3 is 2.53 bits per heavy atom. The summed E-state index contributed by atoms with van der Waals surface area (Å²) < 4.78 is 45.1. The van der Waals surface area contributed by atoms with E-state index in [1.807, 2.05) is 9.80 Å². The third-order valence-electron chi connectivity index (χ3n) is 5.77. The number of rotatable bonds is 7. The second kappa shape index (κ2) is 10.5. The van der Waals surface area contributed by atoms with Gasteiger partial charge < -0.3 is 20.1 Å². The number of amides is 1. The van der Waals surface area contributed by atoms with Gasteiger partial charge in [0.05, 0.1) is 43.3 Å². The molecule has 0 radical (unpaired) electrons. The van der Waals surface area contributed by atoms with Crippen LogP contribution in [-0.4, -0.2) is 68.0 Å². The van der Waals surface area contributed by atoms with Gasteiger partial charge in [-0.1, -0.05) is 19.3 Å². The summed E-state index contributed by atoms with van der Waals surface area (Å²) in [6.07, 6.45) is 0.786. The zero-order chi connectivity index (χ0) is 21.6. The maximum absolute atomic E-state index is 13.3. The zero-order valence-electron chi connectivity index (χ0n) is 17.1. The molecule has 0 bridgehead atoms. The molecule has 1 saturated carbocycles. The number of anilines is 2. The first-order valence-electron chi connectivity index (χ1n) is 10.6. The van der Waals surface area contributed by atoms with E-state index < -0.39 is 11.7 Å². The van der Waals surface area contributed by atoms with Crippen LogP contribution in [0.4, 0.5) is 24.5 Å². The Morgan fingerprint density at radius 1 is 1.20 bits per heavy atom. The standard InChI is InChI=1S/C21H30F3N3O3/c22-21(23,24)16-6-7-19(26-9-12-30-13-10-26)18(14-16)25-20(29)15-27(8-11-28)17-4-2-1-3-5-17/h6-7,14,17,28H,1-5,8-13,15H2,(H,25,29). The minimum atomic E-state index is -4.49. The SMILES string of the molecule is O=C(CN(CCO)C1CCCCC1)Nc1cc(C(F)(F)F)ccc1N1CCOCC1. The summed E-state index contributed by atoms with van der Waals surface area (Å²) in [6, 6.07) is 3.67. The number of nitrogens with one attached hydrogen (secondary N) is 1. The number of ether oxygens (including phenoxy) is 1. The summed E-state index contributed by atoms with van der Waals surface area (Å²) in [7, 11) is 0. The predicted octanol–water partition coefficient (Wildman–Crippen LogP) is 3.11. The molecule has 6 nitrogen and oxygen atoms in total. The van der Waals surface area contributed by atoms with E-state index in [-0.39, 0.29) is 30.8 Å². The third kappa shape index (κ3) is 6.09. The number of alkyl halides is 3. The van der Waals surface area contributed by atoms with E-state index in [1.165, 1.54) is 12.5 Å². The number of hydrogen-bond donors (Lipinski definition) is 2. The van der Waals surface area contributed by atoms with Gasteiger partial charge in [-0.25, -0.2) is 0 Å². The van der Waals surface area contributed by atoms with Crippen molar-refractivity contribution in [1.29, 1.82) is 0 Å². The average Bonchev–Trinajstić information content (AvgIpc) is 2.74. The highest BCUT2D eigenvalue weighted by atomic mass is 19.4. The molecule has 2 fully saturated rings. The van der Waals surface area contributed by atoms with Crippen molar-refractivity contribution < 1.29 is 27.8 Å². The molecule has 9 heteroatoms. The summed E-state index contributed by atoms with van der Waals surface area (Å²) in [4.78, 5) is 16.6. The smallest absolute Gasteiger partial charge is 0.395 e. The second-order valence-corrected chi connectivity index (χ2v) is 7.86. The summed E-state index contributed by atoms with van der Waals surface area (Å²) in [5.74, 6) is -0.372. The molecule has 1 amide bonds. The molecule has 30 heavy (non-hydrogen) atoms. The molecule has 168 valence electrons. The number of aliphatic hydroxyl groups is 1. The van der Waals surface area contributed by atoms with Gasteiger partial charge in [-0.05, 0) is 31.0 Å². The Hall–Kier alpha value is -1.84. The Balaban J connectivity index is 1.77. The second-order valence-electron chi connectivity index (χ2n) is 7.86. The van der Waals surface area contributed by atoms with E-state index in [0.717, 1.165) is 37.8 Å².